The molecule has 1 saturated carbocycles. The molecule has 32 heavy (non-hydrogen) atoms. The van der Waals surface area contributed by atoms with Crippen molar-refractivity contribution in [3.8, 4) is 17.6 Å². The van der Waals surface area contributed by atoms with Gasteiger partial charge in [-0.3, -0.25) is 0 Å². The average molecular weight is 429 g/mol. The van der Waals surface area contributed by atoms with E-state index >= 15 is 0 Å². The normalized spacial score (nSPS) is 18.5. The Hall–Kier alpha value is -3.59. The van der Waals surface area contributed by atoms with Crippen LogP contribution in [0, 0.1) is 16.7 Å². The minimum absolute atomic E-state index is 0.0432. The minimum atomic E-state index is -0.484. The van der Waals surface area contributed by atoms with Crippen molar-refractivity contribution in [3.63, 3.8) is 0 Å². The van der Waals surface area contributed by atoms with E-state index in [1.165, 1.54) is 0 Å². The van der Waals surface area contributed by atoms with E-state index in [0.29, 0.717) is 19.0 Å². The third-order valence-electron chi connectivity index (χ3n) is 6.41. The smallest absolute Gasteiger partial charge is 0.225 e. The number of hydrogen-bond donors (Lipinski definition) is 0. The Bertz CT molecular complexity index is 1050. The van der Waals surface area contributed by atoms with Crippen LogP contribution >= 0.6 is 0 Å². The van der Waals surface area contributed by atoms with Gasteiger partial charge in [-0.05, 0) is 47.2 Å². The van der Waals surface area contributed by atoms with Gasteiger partial charge in [-0.25, -0.2) is 9.97 Å². The molecule has 1 aromatic heterocycles. The van der Waals surface area contributed by atoms with Crippen molar-refractivity contribution in [1.82, 2.24) is 9.97 Å². The summed E-state index contributed by atoms with van der Waals surface area (Å²) in [5.74, 6) is 2.28. The highest BCUT2D eigenvalue weighted by atomic mass is 16.5. The summed E-state index contributed by atoms with van der Waals surface area (Å²) >= 11 is 0. The molecule has 0 N–H and O–H groups in total. The highest BCUT2D eigenvalue weighted by Gasteiger charge is 2.63. The molecule has 1 aliphatic rings. The zero-order chi connectivity index (χ0) is 22.8. The van der Waals surface area contributed by atoms with E-state index in [4.69, 9.17) is 9.47 Å². The van der Waals surface area contributed by atoms with Gasteiger partial charge >= 0.3 is 0 Å². The number of nitriles is 1. The topological polar surface area (TPSA) is 71.3 Å². The number of nitrogens with zero attached hydrogens (tertiary/aromatic N) is 4. The largest absolute Gasteiger partial charge is 0.497 e. The summed E-state index contributed by atoms with van der Waals surface area (Å²) < 4.78 is 10.6. The summed E-state index contributed by atoms with van der Waals surface area (Å²) in [6.07, 6.45) is 4.46. The summed E-state index contributed by atoms with van der Waals surface area (Å²) in [5.41, 5.74) is 2.62. The van der Waals surface area contributed by atoms with Crippen molar-refractivity contribution in [1.29, 1.82) is 5.26 Å². The maximum atomic E-state index is 9.76. The lowest BCUT2D eigenvalue weighted by Gasteiger charge is -2.24. The van der Waals surface area contributed by atoms with Gasteiger partial charge in [0.15, 0.2) is 0 Å². The van der Waals surface area contributed by atoms with Crippen LogP contribution in [0.25, 0.3) is 0 Å². The molecule has 2 aromatic carbocycles. The van der Waals surface area contributed by atoms with Crippen molar-refractivity contribution in [3.05, 3.63) is 77.6 Å². The predicted octanol–water partition coefficient (Wildman–Crippen LogP) is 4.89. The second kappa shape index (κ2) is 8.51. The van der Waals surface area contributed by atoms with Crippen molar-refractivity contribution < 1.29 is 9.47 Å². The van der Waals surface area contributed by atoms with Crippen LogP contribution in [0.2, 0.25) is 0 Å². The van der Waals surface area contributed by atoms with Crippen LogP contribution in [0.15, 0.2) is 60.9 Å². The Morgan fingerprint density at radius 2 is 1.31 bits per heavy atom. The van der Waals surface area contributed by atoms with Gasteiger partial charge in [0, 0.05) is 31.0 Å². The van der Waals surface area contributed by atoms with Gasteiger partial charge in [0.25, 0.3) is 0 Å². The molecule has 1 atom stereocenters. The van der Waals surface area contributed by atoms with E-state index < -0.39 is 5.41 Å². The van der Waals surface area contributed by atoms with Crippen LogP contribution in [-0.4, -0.2) is 24.2 Å². The summed E-state index contributed by atoms with van der Waals surface area (Å²) in [4.78, 5) is 11.5. The number of anilines is 1. The molecule has 4 rings (SSSR count). The van der Waals surface area contributed by atoms with Crippen molar-refractivity contribution in [2.24, 2.45) is 5.41 Å². The third-order valence-corrected chi connectivity index (χ3v) is 6.41. The first kappa shape index (κ1) is 21.6. The maximum Gasteiger partial charge on any atom is 0.225 e. The van der Waals surface area contributed by atoms with Gasteiger partial charge in [-0.1, -0.05) is 38.1 Å². The first-order valence-corrected chi connectivity index (χ1v) is 10.7. The molecule has 6 nitrogen and oxygen atoms in total. The molecular formula is C26H28N4O2. The fraction of sp³-hybridized carbons (Fsp3) is 0.346. The zero-order valence-electron chi connectivity index (χ0n) is 19.0. The highest BCUT2D eigenvalue weighted by Crippen LogP contribution is 2.63. The zero-order valence-corrected chi connectivity index (χ0v) is 19.0. The van der Waals surface area contributed by atoms with Crippen LogP contribution in [0.4, 0.5) is 5.95 Å². The van der Waals surface area contributed by atoms with Crippen LogP contribution in [0.5, 0.6) is 11.5 Å². The van der Waals surface area contributed by atoms with Crippen molar-refractivity contribution in [2.45, 2.75) is 38.8 Å². The second-order valence-corrected chi connectivity index (χ2v) is 8.90. The molecule has 6 heteroatoms. The number of hydrogen-bond acceptors (Lipinski definition) is 6. The van der Waals surface area contributed by atoms with E-state index in [2.05, 4.69) is 34.8 Å². The quantitative estimate of drug-likeness (QED) is 0.509. The average Bonchev–Trinajstić information content (AvgIpc) is 3.42. The van der Waals surface area contributed by atoms with E-state index in [1.807, 2.05) is 60.9 Å². The SMILES string of the molecule is COc1ccc(CN(Cc2ccc(OC)cc2)c2ncc(C3(C#N)CC3(C)C)cn2)cc1. The van der Waals surface area contributed by atoms with Gasteiger partial charge < -0.3 is 14.4 Å². The molecule has 3 aromatic rings. The van der Waals surface area contributed by atoms with Crippen LogP contribution in [0.3, 0.4) is 0 Å². The molecule has 0 saturated heterocycles. The van der Waals surface area contributed by atoms with E-state index in [9.17, 15) is 5.26 Å². The minimum Gasteiger partial charge on any atom is -0.497 e. The van der Waals surface area contributed by atoms with Crippen LogP contribution < -0.4 is 14.4 Å². The Morgan fingerprint density at radius 3 is 1.66 bits per heavy atom. The van der Waals surface area contributed by atoms with Gasteiger partial charge in [0.1, 0.15) is 11.5 Å². The highest BCUT2D eigenvalue weighted by molar-refractivity contribution is 5.45. The van der Waals surface area contributed by atoms with Crippen molar-refractivity contribution >= 4 is 5.95 Å². The lowest BCUT2D eigenvalue weighted by atomic mass is 9.91. The lowest BCUT2D eigenvalue weighted by molar-refractivity contribution is 0.414. The fourth-order valence-electron chi connectivity index (χ4n) is 4.17. The molecule has 0 aliphatic heterocycles. The molecule has 0 spiro atoms. The Labute approximate surface area is 189 Å². The molecule has 0 radical (unpaired) electrons. The molecule has 164 valence electrons. The molecule has 1 heterocycles. The Kier molecular flexibility index (Phi) is 5.75. The first-order chi connectivity index (χ1) is 15.4. The lowest BCUT2D eigenvalue weighted by Crippen LogP contribution is -2.25. The van der Waals surface area contributed by atoms with Gasteiger partial charge in [0.2, 0.25) is 5.95 Å². The van der Waals surface area contributed by atoms with Gasteiger partial charge in [0.05, 0.1) is 25.7 Å². The van der Waals surface area contributed by atoms with E-state index in [1.54, 1.807) is 14.2 Å². The summed E-state index contributed by atoms with van der Waals surface area (Å²) in [6, 6.07) is 18.5. The van der Waals surface area contributed by atoms with E-state index in [0.717, 1.165) is 34.6 Å². The standard InChI is InChI=1S/C26H28N4O2/c1-25(2)17-26(25,18-27)21-13-28-24(29-14-21)30(15-19-5-9-22(31-3)10-6-19)16-20-7-11-23(32-4)12-8-20/h5-14H,15-17H2,1-4H3. The summed E-state index contributed by atoms with van der Waals surface area (Å²) in [5, 5.41) is 9.76. The third kappa shape index (κ3) is 4.11. The van der Waals surface area contributed by atoms with Gasteiger partial charge in [-0.15, -0.1) is 0 Å². The predicted molar refractivity (Wildman–Crippen MR) is 124 cm³/mol. The maximum absolute atomic E-state index is 9.76. The number of benzene rings is 2. The fourth-order valence-corrected chi connectivity index (χ4v) is 4.17. The second-order valence-electron chi connectivity index (χ2n) is 8.90. The molecule has 1 aliphatic carbocycles. The summed E-state index contributed by atoms with van der Waals surface area (Å²) in [7, 11) is 3.32. The van der Waals surface area contributed by atoms with Crippen LogP contribution in [0.1, 0.15) is 37.0 Å². The number of ether oxygens (including phenoxy) is 2. The molecule has 1 unspecified atom stereocenters. The first-order valence-electron chi connectivity index (χ1n) is 10.7. The molecule has 0 bridgehead atoms. The Balaban J connectivity index is 1.61. The molecule has 0 amide bonds. The van der Waals surface area contributed by atoms with E-state index in [-0.39, 0.29) is 5.41 Å². The number of methoxy groups -OCH3 is 2. The monoisotopic (exact) mass is 428 g/mol. The Morgan fingerprint density at radius 1 is 0.875 bits per heavy atom. The molecule has 1 fully saturated rings. The van der Waals surface area contributed by atoms with Gasteiger partial charge in [-0.2, -0.15) is 5.26 Å². The van der Waals surface area contributed by atoms with Crippen LogP contribution in [-0.2, 0) is 18.5 Å². The van der Waals surface area contributed by atoms with Crippen molar-refractivity contribution in [2.75, 3.05) is 19.1 Å². The molecular weight excluding hydrogens is 400 g/mol. The summed E-state index contributed by atoms with van der Waals surface area (Å²) in [6.45, 7) is 5.52. The number of aromatic nitrogens is 2. The number of rotatable bonds is 8.